The van der Waals surface area contributed by atoms with Crippen molar-refractivity contribution in [3.63, 3.8) is 0 Å². The lowest BCUT2D eigenvalue weighted by Gasteiger charge is -2.05. The number of rotatable bonds is 13. The van der Waals surface area contributed by atoms with Crippen LogP contribution in [0.15, 0.2) is 15.8 Å². The van der Waals surface area contributed by atoms with Gasteiger partial charge in [0.25, 0.3) is 5.56 Å². The maximum absolute atomic E-state index is 13.1. The number of carbonyl (C=O) groups is 1. The lowest BCUT2D eigenvalue weighted by Crippen LogP contribution is -2.37. The number of aromatic amines is 1. The average molecular weight is 356 g/mol. The molecule has 0 fully saturated rings. The Morgan fingerprint density at radius 1 is 1.00 bits per heavy atom. The summed E-state index contributed by atoms with van der Waals surface area (Å²) >= 11 is 0. The number of halogens is 1. The minimum absolute atomic E-state index is 0.157. The average Bonchev–Trinajstić information content (AvgIpc) is 2.57. The molecule has 0 amide bonds. The van der Waals surface area contributed by atoms with Crippen molar-refractivity contribution in [2.45, 2.75) is 84.0 Å². The van der Waals surface area contributed by atoms with Crippen molar-refractivity contribution in [3.8, 4) is 0 Å². The summed E-state index contributed by atoms with van der Waals surface area (Å²) < 4.78 is 13.5. The molecule has 0 saturated heterocycles. The van der Waals surface area contributed by atoms with E-state index in [2.05, 4.69) is 6.92 Å². The standard InChI is InChI=1S/C18H29FN2O4/c1-2-3-4-5-6-7-8-9-10-11-12-13-16(22)25-21-14-15(19)17(23)20-18(21)24/h14H,2-13H2,1H3,(H,20,23,24). The van der Waals surface area contributed by atoms with Crippen LogP contribution in [0.5, 0.6) is 0 Å². The zero-order valence-electron chi connectivity index (χ0n) is 15.0. The molecule has 0 aliphatic heterocycles. The Morgan fingerprint density at radius 2 is 1.52 bits per heavy atom. The van der Waals surface area contributed by atoms with Crippen LogP contribution in [-0.2, 0) is 4.79 Å². The van der Waals surface area contributed by atoms with Crippen LogP contribution in [-0.4, -0.2) is 15.7 Å². The molecule has 0 bridgehead atoms. The first kappa shape index (κ1) is 21.1. The molecule has 0 aromatic carbocycles. The van der Waals surface area contributed by atoms with Gasteiger partial charge >= 0.3 is 11.7 Å². The Hall–Kier alpha value is -1.92. The number of nitrogens with zero attached hydrogens (tertiary/aromatic N) is 1. The van der Waals surface area contributed by atoms with Gasteiger partial charge < -0.3 is 4.84 Å². The smallest absolute Gasteiger partial charge is 0.332 e. The lowest BCUT2D eigenvalue weighted by atomic mass is 10.1. The largest absolute Gasteiger partial charge is 0.362 e. The van der Waals surface area contributed by atoms with Crippen LogP contribution in [0, 0.1) is 5.82 Å². The van der Waals surface area contributed by atoms with E-state index in [4.69, 9.17) is 4.84 Å². The maximum Gasteiger partial charge on any atom is 0.362 e. The number of unbranched alkanes of at least 4 members (excludes halogenated alkanes) is 10. The Morgan fingerprint density at radius 3 is 2.08 bits per heavy atom. The number of aromatic nitrogens is 2. The van der Waals surface area contributed by atoms with E-state index >= 15 is 0 Å². The van der Waals surface area contributed by atoms with Crippen molar-refractivity contribution in [1.29, 1.82) is 0 Å². The number of hydrogen-bond donors (Lipinski definition) is 1. The first-order valence-corrected chi connectivity index (χ1v) is 9.27. The highest BCUT2D eigenvalue weighted by Gasteiger charge is 2.09. The van der Waals surface area contributed by atoms with E-state index in [1.54, 1.807) is 4.98 Å². The molecule has 1 heterocycles. The second-order valence-corrected chi connectivity index (χ2v) is 6.31. The molecule has 142 valence electrons. The summed E-state index contributed by atoms with van der Waals surface area (Å²) in [4.78, 5) is 40.3. The third-order valence-electron chi connectivity index (χ3n) is 4.05. The summed E-state index contributed by atoms with van der Waals surface area (Å²) in [5, 5.41) is 0. The van der Waals surface area contributed by atoms with E-state index in [0.717, 1.165) is 19.3 Å². The minimum atomic E-state index is -1.18. The molecule has 0 saturated carbocycles. The molecule has 1 aromatic rings. The summed E-state index contributed by atoms with van der Waals surface area (Å²) in [5.41, 5.74) is -2.11. The molecule has 25 heavy (non-hydrogen) atoms. The molecule has 1 aromatic heterocycles. The Balaban J connectivity index is 2.07. The fraction of sp³-hybridized carbons (Fsp3) is 0.722. The number of H-pyrrole nitrogens is 1. The van der Waals surface area contributed by atoms with Gasteiger partial charge in [-0.3, -0.25) is 9.78 Å². The van der Waals surface area contributed by atoms with Crippen LogP contribution in [0.2, 0.25) is 0 Å². The Labute approximate surface area is 147 Å². The quantitative estimate of drug-likeness (QED) is 0.550. The van der Waals surface area contributed by atoms with Crippen molar-refractivity contribution >= 4 is 5.97 Å². The van der Waals surface area contributed by atoms with Crippen LogP contribution < -0.4 is 16.1 Å². The van der Waals surface area contributed by atoms with Crippen molar-refractivity contribution in [3.05, 3.63) is 32.9 Å². The van der Waals surface area contributed by atoms with E-state index in [1.807, 2.05) is 0 Å². The molecule has 0 aliphatic rings. The summed E-state index contributed by atoms with van der Waals surface area (Å²) in [6.45, 7) is 2.22. The van der Waals surface area contributed by atoms with E-state index in [9.17, 15) is 18.8 Å². The first-order chi connectivity index (χ1) is 12.0. The Kier molecular flexibility index (Phi) is 10.5. The van der Waals surface area contributed by atoms with E-state index in [-0.39, 0.29) is 6.42 Å². The van der Waals surface area contributed by atoms with E-state index in [1.165, 1.54) is 44.9 Å². The number of carbonyl (C=O) groups excluding carboxylic acids is 1. The summed E-state index contributed by atoms with van der Waals surface area (Å²) in [6, 6.07) is 0. The monoisotopic (exact) mass is 356 g/mol. The maximum atomic E-state index is 13.1. The van der Waals surface area contributed by atoms with E-state index < -0.39 is 23.0 Å². The van der Waals surface area contributed by atoms with Crippen molar-refractivity contribution < 1.29 is 14.0 Å². The predicted molar refractivity (Wildman–Crippen MR) is 93.9 cm³/mol. The van der Waals surface area contributed by atoms with Gasteiger partial charge in [0.2, 0.25) is 5.82 Å². The van der Waals surface area contributed by atoms with Gasteiger partial charge in [0, 0.05) is 6.42 Å². The second kappa shape index (κ2) is 12.4. The fourth-order valence-electron chi connectivity index (χ4n) is 2.59. The van der Waals surface area contributed by atoms with Crippen LogP contribution >= 0.6 is 0 Å². The SMILES string of the molecule is CCCCCCCCCCCCCC(=O)On1cc(F)c(=O)[nH]c1=O. The zero-order chi connectivity index (χ0) is 18.5. The van der Waals surface area contributed by atoms with E-state index in [0.29, 0.717) is 17.3 Å². The predicted octanol–water partition coefficient (Wildman–Crippen LogP) is 3.33. The fourth-order valence-corrected chi connectivity index (χ4v) is 2.59. The third kappa shape index (κ3) is 9.22. The molecule has 0 aliphatic carbocycles. The normalized spacial score (nSPS) is 10.8. The zero-order valence-corrected chi connectivity index (χ0v) is 15.0. The van der Waals surface area contributed by atoms with Crippen molar-refractivity contribution in [2.75, 3.05) is 0 Å². The second-order valence-electron chi connectivity index (χ2n) is 6.31. The first-order valence-electron chi connectivity index (χ1n) is 9.27. The van der Waals surface area contributed by atoms with Crippen LogP contribution in [0.1, 0.15) is 84.0 Å². The van der Waals surface area contributed by atoms with Gasteiger partial charge in [-0.05, 0) is 6.42 Å². The lowest BCUT2D eigenvalue weighted by molar-refractivity contribution is -0.145. The topological polar surface area (TPSA) is 81.2 Å². The molecule has 6 nitrogen and oxygen atoms in total. The van der Waals surface area contributed by atoms with Gasteiger partial charge in [0.1, 0.15) is 0 Å². The molecule has 7 heteroatoms. The summed E-state index contributed by atoms with van der Waals surface area (Å²) in [6.07, 6.45) is 13.6. The number of nitrogens with one attached hydrogen (secondary N) is 1. The Bertz CT molecular complexity index is 624. The molecule has 1 rings (SSSR count). The van der Waals surface area contributed by atoms with Gasteiger partial charge in [-0.2, -0.15) is 4.39 Å². The molecular formula is C18H29FN2O4. The van der Waals surface area contributed by atoms with Gasteiger partial charge in [0.05, 0.1) is 6.20 Å². The van der Waals surface area contributed by atoms with Gasteiger partial charge in [0.15, 0.2) is 0 Å². The summed E-state index contributed by atoms with van der Waals surface area (Å²) in [7, 11) is 0. The highest BCUT2D eigenvalue weighted by atomic mass is 19.1. The van der Waals surface area contributed by atoms with Gasteiger partial charge in [-0.1, -0.05) is 71.1 Å². The molecule has 0 atom stereocenters. The van der Waals surface area contributed by atoms with Crippen LogP contribution in [0.3, 0.4) is 0 Å². The van der Waals surface area contributed by atoms with Crippen molar-refractivity contribution in [2.24, 2.45) is 0 Å². The minimum Gasteiger partial charge on any atom is -0.332 e. The highest BCUT2D eigenvalue weighted by molar-refractivity contribution is 5.69. The molecule has 0 spiro atoms. The number of hydrogen-bond acceptors (Lipinski definition) is 4. The van der Waals surface area contributed by atoms with Gasteiger partial charge in [-0.15, -0.1) is 4.73 Å². The van der Waals surface area contributed by atoms with Crippen LogP contribution in [0.25, 0.3) is 0 Å². The molecule has 1 N–H and O–H groups in total. The molecule has 0 unspecified atom stereocenters. The molecular weight excluding hydrogens is 327 g/mol. The highest BCUT2D eigenvalue weighted by Crippen LogP contribution is 2.11. The summed E-state index contributed by atoms with van der Waals surface area (Å²) in [5.74, 6) is -1.80. The molecule has 0 radical (unpaired) electrons. The van der Waals surface area contributed by atoms with Crippen molar-refractivity contribution in [1.82, 2.24) is 9.71 Å². The van der Waals surface area contributed by atoms with Crippen LogP contribution in [0.4, 0.5) is 4.39 Å². The third-order valence-corrected chi connectivity index (χ3v) is 4.05. The van der Waals surface area contributed by atoms with Gasteiger partial charge in [-0.25, -0.2) is 9.59 Å².